The standard InChI is InChI=1S/C14H17N3O/c1-3-8-17-9-7-13(16-17)15-14(18)12-6-4-5-11(2)10-12/h4-7,9-10H,3,8H2,1-2H3,(H,15,16,18). The number of anilines is 1. The number of nitrogens with one attached hydrogen (secondary N) is 1. The smallest absolute Gasteiger partial charge is 0.256 e. The lowest BCUT2D eigenvalue weighted by molar-refractivity contribution is 0.102. The summed E-state index contributed by atoms with van der Waals surface area (Å²) >= 11 is 0. The molecule has 0 fully saturated rings. The molecule has 1 N–H and O–H groups in total. The molecule has 0 aliphatic heterocycles. The second-order valence-corrected chi connectivity index (χ2v) is 4.29. The highest BCUT2D eigenvalue weighted by Gasteiger charge is 2.07. The molecule has 2 aromatic rings. The van der Waals surface area contributed by atoms with Crippen molar-refractivity contribution < 1.29 is 4.79 Å². The van der Waals surface area contributed by atoms with Gasteiger partial charge in [0.05, 0.1) is 0 Å². The Labute approximate surface area is 107 Å². The normalized spacial score (nSPS) is 10.3. The monoisotopic (exact) mass is 243 g/mol. The van der Waals surface area contributed by atoms with Crippen LogP contribution >= 0.6 is 0 Å². The lowest BCUT2D eigenvalue weighted by Crippen LogP contribution is -2.12. The van der Waals surface area contributed by atoms with Gasteiger partial charge >= 0.3 is 0 Å². The van der Waals surface area contributed by atoms with Crippen LogP contribution in [0.2, 0.25) is 0 Å². The first kappa shape index (κ1) is 12.4. The van der Waals surface area contributed by atoms with Crippen molar-refractivity contribution in [1.29, 1.82) is 0 Å². The Morgan fingerprint density at radius 2 is 2.22 bits per heavy atom. The van der Waals surface area contributed by atoms with Crippen molar-refractivity contribution in [1.82, 2.24) is 9.78 Å². The number of benzene rings is 1. The fourth-order valence-electron chi connectivity index (χ4n) is 1.76. The van der Waals surface area contributed by atoms with Crippen LogP contribution in [0.15, 0.2) is 36.5 Å². The first-order valence-corrected chi connectivity index (χ1v) is 6.10. The maximum absolute atomic E-state index is 12.0. The second kappa shape index (κ2) is 5.49. The molecule has 0 unspecified atom stereocenters. The molecule has 4 heteroatoms. The van der Waals surface area contributed by atoms with Gasteiger partial charge in [-0.05, 0) is 25.5 Å². The van der Waals surface area contributed by atoms with Crippen LogP contribution in [0.5, 0.6) is 0 Å². The quantitative estimate of drug-likeness (QED) is 0.897. The summed E-state index contributed by atoms with van der Waals surface area (Å²) in [6.45, 7) is 4.92. The van der Waals surface area contributed by atoms with Gasteiger partial charge in [0.2, 0.25) is 0 Å². The maximum atomic E-state index is 12.0. The molecule has 1 heterocycles. The zero-order valence-corrected chi connectivity index (χ0v) is 10.7. The summed E-state index contributed by atoms with van der Waals surface area (Å²) in [6, 6.07) is 9.31. The molecule has 2 rings (SSSR count). The molecule has 1 aromatic carbocycles. The van der Waals surface area contributed by atoms with E-state index in [2.05, 4.69) is 17.3 Å². The van der Waals surface area contributed by atoms with Crippen LogP contribution < -0.4 is 5.32 Å². The first-order valence-electron chi connectivity index (χ1n) is 6.10. The summed E-state index contributed by atoms with van der Waals surface area (Å²) in [5.41, 5.74) is 1.72. The number of aromatic nitrogens is 2. The van der Waals surface area contributed by atoms with Gasteiger partial charge in [-0.15, -0.1) is 0 Å². The average molecular weight is 243 g/mol. The third kappa shape index (κ3) is 2.97. The van der Waals surface area contributed by atoms with Gasteiger partial charge in [-0.25, -0.2) is 0 Å². The number of rotatable bonds is 4. The molecule has 18 heavy (non-hydrogen) atoms. The highest BCUT2D eigenvalue weighted by atomic mass is 16.1. The van der Waals surface area contributed by atoms with Crippen molar-refractivity contribution >= 4 is 11.7 Å². The van der Waals surface area contributed by atoms with E-state index >= 15 is 0 Å². The van der Waals surface area contributed by atoms with Gasteiger partial charge in [0.25, 0.3) is 5.91 Å². The Morgan fingerprint density at radius 3 is 2.94 bits per heavy atom. The molecule has 0 radical (unpaired) electrons. The molecule has 1 aromatic heterocycles. The first-order chi connectivity index (χ1) is 8.69. The van der Waals surface area contributed by atoms with Gasteiger partial charge in [-0.2, -0.15) is 5.10 Å². The van der Waals surface area contributed by atoms with Crippen LogP contribution in [0, 0.1) is 6.92 Å². The second-order valence-electron chi connectivity index (χ2n) is 4.29. The summed E-state index contributed by atoms with van der Waals surface area (Å²) in [5, 5.41) is 7.07. The van der Waals surface area contributed by atoms with E-state index in [1.807, 2.05) is 42.1 Å². The number of carbonyl (C=O) groups is 1. The third-order valence-electron chi connectivity index (χ3n) is 2.62. The Bertz CT molecular complexity index is 545. The molecular formula is C14H17N3O. The fraction of sp³-hybridized carbons (Fsp3) is 0.286. The number of hydrogen-bond donors (Lipinski definition) is 1. The predicted octanol–water partition coefficient (Wildman–Crippen LogP) is 2.85. The Balaban J connectivity index is 2.06. The van der Waals surface area contributed by atoms with Crippen molar-refractivity contribution in [3.8, 4) is 0 Å². The molecule has 0 atom stereocenters. The molecule has 0 saturated carbocycles. The molecule has 0 spiro atoms. The van der Waals surface area contributed by atoms with E-state index in [-0.39, 0.29) is 5.91 Å². The summed E-state index contributed by atoms with van der Waals surface area (Å²) in [7, 11) is 0. The predicted molar refractivity (Wildman–Crippen MR) is 71.7 cm³/mol. The Hall–Kier alpha value is -2.10. The minimum atomic E-state index is -0.125. The van der Waals surface area contributed by atoms with Gasteiger partial charge in [-0.3, -0.25) is 9.48 Å². The molecule has 0 saturated heterocycles. The van der Waals surface area contributed by atoms with Gasteiger partial charge in [0.15, 0.2) is 5.82 Å². The summed E-state index contributed by atoms with van der Waals surface area (Å²) in [4.78, 5) is 12.0. The van der Waals surface area contributed by atoms with Crippen molar-refractivity contribution in [2.24, 2.45) is 0 Å². The Kier molecular flexibility index (Phi) is 3.77. The number of hydrogen-bond acceptors (Lipinski definition) is 2. The van der Waals surface area contributed by atoms with Gasteiger partial charge < -0.3 is 5.32 Å². The zero-order chi connectivity index (χ0) is 13.0. The number of aryl methyl sites for hydroxylation is 2. The molecule has 94 valence electrons. The van der Waals surface area contributed by atoms with E-state index in [4.69, 9.17) is 0 Å². The molecule has 0 bridgehead atoms. The van der Waals surface area contributed by atoms with Gasteiger partial charge in [0.1, 0.15) is 0 Å². The summed E-state index contributed by atoms with van der Waals surface area (Å²) < 4.78 is 1.83. The van der Waals surface area contributed by atoms with Crippen LogP contribution in [0.1, 0.15) is 29.3 Å². The molecular weight excluding hydrogens is 226 g/mol. The third-order valence-corrected chi connectivity index (χ3v) is 2.62. The number of carbonyl (C=O) groups excluding carboxylic acids is 1. The van der Waals surface area contributed by atoms with Gasteiger partial charge in [0, 0.05) is 24.4 Å². The van der Waals surface area contributed by atoms with Crippen molar-refractivity contribution in [3.05, 3.63) is 47.7 Å². The zero-order valence-electron chi connectivity index (χ0n) is 10.7. The fourth-order valence-corrected chi connectivity index (χ4v) is 1.76. The molecule has 1 amide bonds. The van der Waals surface area contributed by atoms with Crippen LogP contribution in [0.3, 0.4) is 0 Å². The number of amides is 1. The van der Waals surface area contributed by atoms with E-state index in [0.29, 0.717) is 11.4 Å². The average Bonchev–Trinajstić information content (AvgIpc) is 2.77. The van der Waals surface area contributed by atoms with Crippen molar-refractivity contribution in [3.63, 3.8) is 0 Å². The van der Waals surface area contributed by atoms with E-state index in [0.717, 1.165) is 18.5 Å². The van der Waals surface area contributed by atoms with Crippen LogP contribution in [0.4, 0.5) is 5.82 Å². The molecule has 0 aliphatic carbocycles. The Morgan fingerprint density at radius 1 is 1.39 bits per heavy atom. The minimum Gasteiger partial charge on any atom is -0.305 e. The van der Waals surface area contributed by atoms with E-state index in [1.54, 1.807) is 6.07 Å². The van der Waals surface area contributed by atoms with Crippen LogP contribution in [-0.2, 0) is 6.54 Å². The highest BCUT2D eigenvalue weighted by Crippen LogP contribution is 2.08. The lowest BCUT2D eigenvalue weighted by atomic mass is 10.1. The minimum absolute atomic E-state index is 0.125. The largest absolute Gasteiger partial charge is 0.305 e. The summed E-state index contributed by atoms with van der Waals surface area (Å²) in [6.07, 6.45) is 2.89. The van der Waals surface area contributed by atoms with E-state index in [9.17, 15) is 4.79 Å². The molecule has 4 nitrogen and oxygen atoms in total. The maximum Gasteiger partial charge on any atom is 0.256 e. The van der Waals surface area contributed by atoms with E-state index in [1.165, 1.54) is 0 Å². The van der Waals surface area contributed by atoms with Crippen LogP contribution in [-0.4, -0.2) is 15.7 Å². The van der Waals surface area contributed by atoms with Crippen molar-refractivity contribution in [2.45, 2.75) is 26.8 Å². The molecule has 0 aliphatic rings. The van der Waals surface area contributed by atoms with Gasteiger partial charge in [-0.1, -0.05) is 24.6 Å². The topological polar surface area (TPSA) is 46.9 Å². The lowest BCUT2D eigenvalue weighted by Gasteiger charge is -2.03. The SMILES string of the molecule is CCCn1ccc(NC(=O)c2cccc(C)c2)n1. The van der Waals surface area contributed by atoms with Crippen LogP contribution in [0.25, 0.3) is 0 Å². The van der Waals surface area contributed by atoms with Crippen molar-refractivity contribution in [2.75, 3.05) is 5.32 Å². The highest BCUT2D eigenvalue weighted by molar-refractivity contribution is 6.03. The summed E-state index contributed by atoms with van der Waals surface area (Å²) in [5.74, 6) is 0.468. The van der Waals surface area contributed by atoms with E-state index < -0.39 is 0 Å². The number of nitrogens with zero attached hydrogens (tertiary/aromatic N) is 2.